The van der Waals surface area contributed by atoms with Crippen LogP contribution in [-0.4, -0.2) is 20.7 Å². The van der Waals surface area contributed by atoms with Crippen LogP contribution in [0.4, 0.5) is 5.69 Å². The van der Waals surface area contributed by atoms with E-state index in [1.54, 1.807) is 55.5 Å². The van der Waals surface area contributed by atoms with Crippen molar-refractivity contribution in [2.45, 2.75) is 23.9 Å². The molecule has 3 aromatic rings. The number of anilines is 1. The molecule has 0 saturated heterocycles. The van der Waals surface area contributed by atoms with Crippen LogP contribution in [0.3, 0.4) is 0 Å². The molecule has 0 radical (unpaired) electrons. The number of hydrogen-bond acceptors (Lipinski definition) is 4. The Bertz CT molecular complexity index is 1060. The number of hydrogen-bond donors (Lipinski definition) is 1. The van der Waals surface area contributed by atoms with Crippen LogP contribution in [0.25, 0.3) is 10.9 Å². The molecule has 27 heavy (non-hydrogen) atoms. The SMILES string of the molecule is C=CCn1c(SC(C)C(=O)Nc2ccccc2Cl)nc2ccccc2c1=O. The predicted molar refractivity (Wildman–Crippen MR) is 112 cm³/mol. The summed E-state index contributed by atoms with van der Waals surface area (Å²) in [7, 11) is 0. The van der Waals surface area contributed by atoms with E-state index in [1.165, 1.54) is 16.3 Å². The molecule has 1 N–H and O–H groups in total. The first-order chi connectivity index (χ1) is 13.0. The molecule has 2 aromatic carbocycles. The number of allylic oxidation sites excluding steroid dienone is 1. The number of halogens is 1. The molecule has 0 saturated carbocycles. The molecule has 0 bridgehead atoms. The van der Waals surface area contributed by atoms with Gasteiger partial charge in [-0.3, -0.25) is 14.2 Å². The van der Waals surface area contributed by atoms with E-state index >= 15 is 0 Å². The van der Waals surface area contributed by atoms with Crippen LogP contribution in [0, 0.1) is 0 Å². The summed E-state index contributed by atoms with van der Waals surface area (Å²) in [4.78, 5) is 29.9. The van der Waals surface area contributed by atoms with Crippen molar-refractivity contribution >= 4 is 45.9 Å². The molecule has 0 fully saturated rings. The lowest BCUT2D eigenvalue weighted by molar-refractivity contribution is -0.115. The molecule has 1 heterocycles. The average molecular weight is 400 g/mol. The van der Waals surface area contributed by atoms with E-state index in [4.69, 9.17) is 11.6 Å². The fraction of sp³-hybridized carbons (Fsp3) is 0.150. The number of para-hydroxylation sites is 2. The number of carbonyl (C=O) groups is 1. The number of aromatic nitrogens is 2. The second-order valence-electron chi connectivity index (χ2n) is 5.85. The van der Waals surface area contributed by atoms with E-state index in [0.29, 0.717) is 33.3 Å². The lowest BCUT2D eigenvalue weighted by atomic mass is 10.2. The maximum atomic E-state index is 12.8. The first-order valence-electron chi connectivity index (χ1n) is 8.33. The Morgan fingerprint density at radius 3 is 2.74 bits per heavy atom. The summed E-state index contributed by atoms with van der Waals surface area (Å²) < 4.78 is 1.53. The molecule has 1 amide bonds. The highest BCUT2D eigenvalue weighted by molar-refractivity contribution is 8.00. The van der Waals surface area contributed by atoms with Crippen LogP contribution in [0.5, 0.6) is 0 Å². The summed E-state index contributed by atoms with van der Waals surface area (Å²) in [6.07, 6.45) is 1.64. The van der Waals surface area contributed by atoms with Gasteiger partial charge in [0.25, 0.3) is 5.56 Å². The summed E-state index contributed by atoms with van der Waals surface area (Å²) >= 11 is 7.32. The molecular formula is C20H18ClN3O2S. The second-order valence-corrected chi connectivity index (χ2v) is 7.56. The highest BCUT2D eigenvalue weighted by Crippen LogP contribution is 2.25. The number of carbonyl (C=O) groups excluding carboxylic acids is 1. The Balaban J connectivity index is 1.89. The molecule has 0 aliphatic heterocycles. The van der Waals surface area contributed by atoms with E-state index < -0.39 is 5.25 Å². The number of nitrogens with zero attached hydrogens (tertiary/aromatic N) is 2. The van der Waals surface area contributed by atoms with Gasteiger partial charge < -0.3 is 5.32 Å². The number of rotatable bonds is 6. The second kappa shape index (κ2) is 8.41. The quantitative estimate of drug-likeness (QED) is 0.380. The number of thioether (sulfide) groups is 1. The molecule has 3 rings (SSSR count). The Kier molecular flexibility index (Phi) is 5.98. The van der Waals surface area contributed by atoms with Crippen LogP contribution >= 0.6 is 23.4 Å². The van der Waals surface area contributed by atoms with Gasteiger partial charge in [-0.05, 0) is 31.2 Å². The molecule has 0 aliphatic carbocycles. The number of nitrogens with one attached hydrogen (secondary N) is 1. The Labute approximate surface area is 166 Å². The third-order valence-corrected chi connectivity index (χ3v) is 5.34. The van der Waals surface area contributed by atoms with Gasteiger partial charge in [0, 0.05) is 6.54 Å². The molecule has 0 aliphatic rings. The summed E-state index contributed by atoms with van der Waals surface area (Å²) in [5.41, 5.74) is 0.998. The van der Waals surface area contributed by atoms with Gasteiger partial charge in [0.05, 0.1) is 26.9 Å². The van der Waals surface area contributed by atoms with Crippen molar-refractivity contribution in [3.05, 3.63) is 76.6 Å². The van der Waals surface area contributed by atoms with Crippen molar-refractivity contribution < 1.29 is 4.79 Å². The highest BCUT2D eigenvalue weighted by Gasteiger charge is 2.19. The van der Waals surface area contributed by atoms with Gasteiger partial charge in [0.15, 0.2) is 5.16 Å². The van der Waals surface area contributed by atoms with Crippen molar-refractivity contribution in [1.29, 1.82) is 0 Å². The number of fused-ring (bicyclic) bond motifs is 1. The maximum absolute atomic E-state index is 12.8. The van der Waals surface area contributed by atoms with Crippen molar-refractivity contribution in [2.75, 3.05) is 5.32 Å². The van der Waals surface area contributed by atoms with Crippen LogP contribution in [0.2, 0.25) is 5.02 Å². The summed E-state index contributed by atoms with van der Waals surface area (Å²) in [6, 6.07) is 14.2. The van der Waals surface area contributed by atoms with Gasteiger partial charge in [0.1, 0.15) is 0 Å². The van der Waals surface area contributed by atoms with Gasteiger partial charge in [-0.25, -0.2) is 4.98 Å². The van der Waals surface area contributed by atoms with E-state index in [1.807, 2.05) is 6.07 Å². The van der Waals surface area contributed by atoms with Gasteiger partial charge in [-0.15, -0.1) is 6.58 Å². The lowest BCUT2D eigenvalue weighted by Gasteiger charge is -2.16. The summed E-state index contributed by atoms with van der Waals surface area (Å²) in [5.74, 6) is -0.222. The zero-order chi connectivity index (χ0) is 19.4. The summed E-state index contributed by atoms with van der Waals surface area (Å²) in [5, 5.41) is 3.80. The molecule has 7 heteroatoms. The van der Waals surface area contributed by atoms with Gasteiger partial charge in [-0.1, -0.05) is 53.7 Å². The molecule has 1 atom stereocenters. The minimum atomic E-state index is -0.481. The Morgan fingerprint density at radius 2 is 2.00 bits per heavy atom. The molecule has 5 nitrogen and oxygen atoms in total. The van der Waals surface area contributed by atoms with Crippen LogP contribution < -0.4 is 10.9 Å². The minimum Gasteiger partial charge on any atom is -0.324 e. The van der Waals surface area contributed by atoms with Gasteiger partial charge in [0.2, 0.25) is 5.91 Å². The zero-order valence-corrected chi connectivity index (χ0v) is 16.3. The fourth-order valence-corrected chi connectivity index (χ4v) is 3.64. The van der Waals surface area contributed by atoms with E-state index in [-0.39, 0.29) is 11.5 Å². The molecule has 0 spiro atoms. The molecule has 138 valence electrons. The highest BCUT2D eigenvalue weighted by atomic mass is 35.5. The number of benzene rings is 2. The van der Waals surface area contributed by atoms with Crippen LogP contribution in [0.1, 0.15) is 6.92 Å². The van der Waals surface area contributed by atoms with Crippen LogP contribution in [0.15, 0.2) is 71.1 Å². The summed E-state index contributed by atoms with van der Waals surface area (Å²) in [6.45, 7) is 5.79. The maximum Gasteiger partial charge on any atom is 0.262 e. The minimum absolute atomic E-state index is 0.151. The molecule has 1 unspecified atom stereocenters. The Hall–Kier alpha value is -2.57. The number of amides is 1. The third-order valence-electron chi connectivity index (χ3n) is 3.92. The van der Waals surface area contributed by atoms with Gasteiger partial charge in [-0.2, -0.15) is 0 Å². The van der Waals surface area contributed by atoms with Crippen molar-refractivity contribution in [3.8, 4) is 0 Å². The van der Waals surface area contributed by atoms with Crippen LogP contribution in [-0.2, 0) is 11.3 Å². The zero-order valence-electron chi connectivity index (χ0n) is 14.7. The molecular weight excluding hydrogens is 382 g/mol. The lowest BCUT2D eigenvalue weighted by Crippen LogP contribution is -2.26. The van der Waals surface area contributed by atoms with Crippen molar-refractivity contribution in [1.82, 2.24) is 9.55 Å². The van der Waals surface area contributed by atoms with Gasteiger partial charge >= 0.3 is 0 Å². The topological polar surface area (TPSA) is 64.0 Å². The average Bonchev–Trinajstić information content (AvgIpc) is 2.66. The first kappa shape index (κ1) is 19.2. The smallest absolute Gasteiger partial charge is 0.262 e. The van der Waals surface area contributed by atoms with Crippen molar-refractivity contribution in [3.63, 3.8) is 0 Å². The monoisotopic (exact) mass is 399 g/mol. The third kappa shape index (κ3) is 4.23. The molecule has 1 aromatic heterocycles. The Morgan fingerprint density at radius 1 is 1.30 bits per heavy atom. The fourth-order valence-electron chi connectivity index (χ4n) is 2.54. The largest absolute Gasteiger partial charge is 0.324 e. The standard InChI is InChI=1S/C20H18ClN3O2S/c1-3-12-24-19(26)14-8-4-6-10-16(14)23-20(24)27-13(2)18(25)22-17-11-7-5-9-15(17)21/h3-11,13H,1,12H2,2H3,(H,22,25). The van der Waals surface area contributed by atoms with E-state index in [9.17, 15) is 9.59 Å². The van der Waals surface area contributed by atoms with E-state index in [0.717, 1.165) is 0 Å². The normalized spacial score (nSPS) is 11.9. The predicted octanol–water partition coefficient (Wildman–Crippen LogP) is 4.36. The van der Waals surface area contributed by atoms with Crippen molar-refractivity contribution in [2.24, 2.45) is 0 Å². The van der Waals surface area contributed by atoms with E-state index in [2.05, 4.69) is 16.9 Å². The first-order valence-corrected chi connectivity index (χ1v) is 9.59.